The SMILES string of the molecule is CCCCNC(=O)NCCc1c2c(cc3c1OCC3)OCC2. The van der Waals surface area contributed by atoms with E-state index in [1.54, 1.807) is 0 Å². The summed E-state index contributed by atoms with van der Waals surface area (Å²) in [4.78, 5) is 11.7. The second kappa shape index (κ2) is 6.90. The second-order valence-corrected chi connectivity index (χ2v) is 5.80. The van der Waals surface area contributed by atoms with Crippen LogP contribution in [0.1, 0.15) is 36.5 Å². The van der Waals surface area contributed by atoms with Gasteiger partial charge in [-0.25, -0.2) is 4.79 Å². The van der Waals surface area contributed by atoms with Crippen LogP contribution in [0.4, 0.5) is 4.79 Å². The summed E-state index contributed by atoms with van der Waals surface area (Å²) in [5.41, 5.74) is 3.72. The Hall–Kier alpha value is -1.91. The molecule has 0 aliphatic carbocycles. The van der Waals surface area contributed by atoms with Crippen molar-refractivity contribution in [3.8, 4) is 11.5 Å². The molecule has 0 fully saturated rings. The highest BCUT2D eigenvalue weighted by atomic mass is 16.5. The summed E-state index contributed by atoms with van der Waals surface area (Å²) in [6, 6.07) is 2.04. The number of hydrogen-bond acceptors (Lipinski definition) is 3. The standard InChI is InChI=1S/C17H24N2O3/c1-2-3-7-18-17(20)19-8-4-14-13-6-10-21-15(13)11-12-5-9-22-16(12)14/h11H,2-10H2,1H3,(H2,18,19,20). The largest absolute Gasteiger partial charge is 0.493 e. The van der Waals surface area contributed by atoms with E-state index in [4.69, 9.17) is 9.47 Å². The number of carbonyl (C=O) groups excluding carboxylic acids is 1. The Kier molecular flexibility index (Phi) is 4.71. The van der Waals surface area contributed by atoms with E-state index in [1.807, 2.05) is 0 Å². The monoisotopic (exact) mass is 304 g/mol. The number of benzene rings is 1. The number of urea groups is 1. The quantitative estimate of drug-likeness (QED) is 0.792. The first-order valence-corrected chi connectivity index (χ1v) is 8.24. The van der Waals surface area contributed by atoms with Gasteiger partial charge in [0.2, 0.25) is 0 Å². The number of rotatable bonds is 6. The van der Waals surface area contributed by atoms with Crippen LogP contribution in [-0.2, 0) is 19.3 Å². The van der Waals surface area contributed by atoms with Crippen molar-refractivity contribution in [2.24, 2.45) is 0 Å². The summed E-state index contributed by atoms with van der Waals surface area (Å²) >= 11 is 0. The molecule has 22 heavy (non-hydrogen) atoms. The van der Waals surface area contributed by atoms with Crippen LogP contribution in [0.5, 0.6) is 11.5 Å². The Bertz CT molecular complexity index is 525. The Balaban J connectivity index is 1.60. The molecule has 0 aromatic heterocycles. The van der Waals surface area contributed by atoms with Crippen molar-refractivity contribution in [3.63, 3.8) is 0 Å². The van der Waals surface area contributed by atoms with Gasteiger partial charge in [0.15, 0.2) is 0 Å². The van der Waals surface area contributed by atoms with Gasteiger partial charge in [0.05, 0.1) is 13.2 Å². The normalized spacial score (nSPS) is 14.8. The van der Waals surface area contributed by atoms with Crippen LogP contribution in [0.25, 0.3) is 0 Å². The summed E-state index contributed by atoms with van der Waals surface area (Å²) < 4.78 is 11.5. The molecule has 2 heterocycles. The van der Waals surface area contributed by atoms with Gasteiger partial charge in [-0.05, 0) is 18.9 Å². The van der Waals surface area contributed by atoms with Crippen molar-refractivity contribution in [1.82, 2.24) is 10.6 Å². The Morgan fingerprint density at radius 2 is 2.00 bits per heavy atom. The van der Waals surface area contributed by atoms with Crippen LogP contribution in [-0.4, -0.2) is 32.3 Å². The van der Waals surface area contributed by atoms with Gasteiger partial charge in [-0.2, -0.15) is 0 Å². The summed E-state index contributed by atoms with van der Waals surface area (Å²) in [6.07, 6.45) is 4.77. The van der Waals surface area contributed by atoms with E-state index in [1.165, 1.54) is 16.7 Å². The minimum absolute atomic E-state index is 0.0881. The smallest absolute Gasteiger partial charge is 0.314 e. The van der Waals surface area contributed by atoms with Crippen LogP contribution in [0, 0.1) is 0 Å². The van der Waals surface area contributed by atoms with Gasteiger partial charge in [-0.1, -0.05) is 13.3 Å². The lowest BCUT2D eigenvalue weighted by Gasteiger charge is -2.13. The summed E-state index contributed by atoms with van der Waals surface area (Å²) in [5, 5.41) is 5.79. The zero-order valence-electron chi connectivity index (χ0n) is 13.2. The fraction of sp³-hybridized carbons (Fsp3) is 0.588. The molecule has 5 heteroatoms. The van der Waals surface area contributed by atoms with E-state index in [0.29, 0.717) is 6.54 Å². The molecule has 0 spiro atoms. The van der Waals surface area contributed by atoms with Crippen molar-refractivity contribution < 1.29 is 14.3 Å². The molecule has 1 aromatic rings. The molecule has 0 bridgehead atoms. The zero-order chi connectivity index (χ0) is 15.4. The van der Waals surface area contributed by atoms with Gasteiger partial charge in [0.25, 0.3) is 0 Å². The molecule has 0 unspecified atom stereocenters. The summed E-state index contributed by atoms with van der Waals surface area (Å²) in [7, 11) is 0. The molecule has 120 valence electrons. The number of ether oxygens (including phenoxy) is 2. The third-order valence-electron chi connectivity index (χ3n) is 4.24. The minimum atomic E-state index is -0.0881. The maximum absolute atomic E-state index is 11.7. The van der Waals surface area contributed by atoms with Crippen LogP contribution in [0.3, 0.4) is 0 Å². The molecular weight excluding hydrogens is 280 g/mol. The Morgan fingerprint density at radius 1 is 1.18 bits per heavy atom. The van der Waals surface area contributed by atoms with Crippen molar-refractivity contribution in [3.05, 3.63) is 22.8 Å². The van der Waals surface area contributed by atoms with Gasteiger partial charge < -0.3 is 20.1 Å². The highest BCUT2D eigenvalue weighted by Gasteiger charge is 2.26. The molecule has 1 aromatic carbocycles. The average molecular weight is 304 g/mol. The topological polar surface area (TPSA) is 59.6 Å². The summed E-state index contributed by atoms with van der Waals surface area (Å²) in [6.45, 7) is 4.95. The van der Waals surface area contributed by atoms with Crippen LogP contribution < -0.4 is 20.1 Å². The lowest BCUT2D eigenvalue weighted by Crippen LogP contribution is -2.37. The number of amides is 2. The second-order valence-electron chi connectivity index (χ2n) is 5.80. The lowest BCUT2D eigenvalue weighted by molar-refractivity contribution is 0.241. The van der Waals surface area contributed by atoms with Crippen molar-refractivity contribution >= 4 is 6.03 Å². The number of hydrogen-bond donors (Lipinski definition) is 2. The van der Waals surface area contributed by atoms with E-state index in [2.05, 4.69) is 23.6 Å². The molecule has 2 N–H and O–H groups in total. The third-order valence-corrected chi connectivity index (χ3v) is 4.24. The first-order valence-electron chi connectivity index (χ1n) is 8.24. The first-order chi connectivity index (χ1) is 10.8. The molecule has 0 saturated carbocycles. The van der Waals surface area contributed by atoms with Gasteiger partial charge >= 0.3 is 6.03 Å². The highest BCUT2D eigenvalue weighted by molar-refractivity contribution is 5.73. The van der Waals surface area contributed by atoms with Crippen molar-refractivity contribution in [1.29, 1.82) is 0 Å². The lowest BCUT2D eigenvalue weighted by atomic mass is 9.97. The maximum Gasteiger partial charge on any atom is 0.314 e. The zero-order valence-corrected chi connectivity index (χ0v) is 13.2. The molecule has 5 nitrogen and oxygen atoms in total. The molecule has 0 radical (unpaired) electrons. The van der Waals surface area contributed by atoms with Gasteiger partial charge in [-0.3, -0.25) is 0 Å². The van der Waals surface area contributed by atoms with Crippen LogP contribution in [0.2, 0.25) is 0 Å². The van der Waals surface area contributed by atoms with Crippen LogP contribution in [0.15, 0.2) is 6.07 Å². The van der Waals surface area contributed by atoms with E-state index >= 15 is 0 Å². The van der Waals surface area contributed by atoms with E-state index in [0.717, 1.165) is 63.4 Å². The Labute approximate surface area is 131 Å². The minimum Gasteiger partial charge on any atom is -0.493 e. The van der Waals surface area contributed by atoms with E-state index < -0.39 is 0 Å². The number of fused-ring (bicyclic) bond motifs is 2. The Morgan fingerprint density at radius 3 is 2.86 bits per heavy atom. The molecular formula is C17H24N2O3. The number of nitrogens with one attached hydrogen (secondary N) is 2. The molecule has 2 aliphatic heterocycles. The third kappa shape index (κ3) is 3.13. The van der Waals surface area contributed by atoms with E-state index in [-0.39, 0.29) is 6.03 Å². The molecule has 3 rings (SSSR count). The van der Waals surface area contributed by atoms with E-state index in [9.17, 15) is 4.79 Å². The predicted octanol–water partition coefficient (Wildman–Crippen LogP) is 2.20. The predicted molar refractivity (Wildman–Crippen MR) is 84.9 cm³/mol. The van der Waals surface area contributed by atoms with Crippen LogP contribution >= 0.6 is 0 Å². The molecule has 2 aliphatic rings. The average Bonchev–Trinajstić information content (AvgIpc) is 3.15. The fourth-order valence-electron chi connectivity index (χ4n) is 3.09. The maximum atomic E-state index is 11.7. The molecule has 2 amide bonds. The highest BCUT2D eigenvalue weighted by Crippen LogP contribution is 2.40. The van der Waals surface area contributed by atoms with Gasteiger partial charge in [-0.15, -0.1) is 0 Å². The first kappa shape index (κ1) is 15.0. The summed E-state index contributed by atoms with van der Waals surface area (Å²) in [5.74, 6) is 2.03. The van der Waals surface area contributed by atoms with Gasteiger partial charge in [0.1, 0.15) is 11.5 Å². The molecule has 0 atom stereocenters. The molecule has 0 saturated heterocycles. The van der Waals surface area contributed by atoms with Crippen molar-refractivity contribution in [2.45, 2.75) is 39.0 Å². The van der Waals surface area contributed by atoms with Gasteiger partial charge in [0, 0.05) is 42.6 Å². The van der Waals surface area contributed by atoms with Crippen molar-refractivity contribution in [2.75, 3.05) is 26.3 Å². The number of carbonyl (C=O) groups is 1. The fourth-order valence-corrected chi connectivity index (χ4v) is 3.09. The number of unbranched alkanes of at least 4 members (excludes halogenated alkanes) is 1.